The normalized spacial score (nSPS) is 43.8. The third-order valence-corrected chi connectivity index (χ3v) is 7.50. The summed E-state index contributed by atoms with van der Waals surface area (Å²) in [4.78, 5) is 0. The van der Waals surface area contributed by atoms with Gasteiger partial charge in [-0.15, -0.1) is 0 Å². The topological polar surface area (TPSA) is 72.2 Å². The summed E-state index contributed by atoms with van der Waals surface area (Å²) in [5.74, 6) is 8.73. The van der Waals surface area contributed by atoms with Gasteiger partial charge in [-0.05, 0) is 55.8 Å². The Bertz CT molecular complexity index is 427. The van der Waals surface area contributed by atoms with Gasteiger partial charge in [-0.2, -0.15) is 0 Å². The van der Waals surface area contributed by atoms with E-state index >= 15 is 0 Å². The first-order valence-corrected chi connectivity index (χ1v) is 9.63. The summed E-state index contributed by atoms with van der Waals surface area (Å²) in [6, 6.07) is 0.347. The Hall–Kier alpha value is -0.130. The smallest absolute Gasteiger partial charge is 0.150 e. The van der Waals surface area contributed by atoms with E-state index < -0.39 is 9.84 Å². The minimum Gasteiger partial charge on any atom is -0.271 e. The van der Waals surface area contributed by atoms with E-state index in [9.17, 15) is 8.42 Å². The third-order valence-electron chi connectivity index (χ3n) is 5.86. The minimum atomic E-state index is -2.89. The first-order chi connectivity index (χ1) is 9.02. The summed E-state index contributed by atoms with van der Waals surface area (Å²) in [6.07, 6.45) is 9.29. The molecule has 5 unspecified atom stereocenters. The van der Waals surface area contributed by atoms with E-state index in [0.717, 1.165) is 43.4 Å². The van der Waals surface area contributed by atoms with E-state index in [2.05, 4.69) is 5.43 Å². The molecule has 5 heteroatoms. The largest absolute Gasteiger partial charge is 0.271 e. The van der Waals surface area contributed by atoms with Crippen LogP contribution in [0, 0.1) is 23.7 Å². The minimum absolute atomic E-state index is 0.138. The Morgan fingerprint density at radius 3 is 2.32 bits per heavy atom. The highest BCUT2D eigenvalue weighted by molar-refractivity contribution is 7.91. The van der Waals surface area contributed by atoms with Crippen molar-refractivity contribution in [1.29, 1.82) is 0 Å². The van der Waals surface area contributed by atoms with Crippen LogP contribution in [0.3, 0.4) is 0 Å². The maximum atomic E-state index is 11.8. The van der Waals surface area contributed by atoms with Gasteiger partial charge >= 0.3 is 0 Å². The average molecular weight is 286 g/mol. The lowest BCUT2D eigenvalue weighted by Gasteiger charge is -2.34. The number of nitrogens with two attached hydrogens (primary N) is 1. The molecule has 0 spiro atoms. The predicted molar refractivity (Wildman–Crippen MR) is 76.0 cm³/mol. The van der Waals surface area contributed by atoms with Crippen LogP contribution < -0.4 is 11.3 Å². The van der Waals surface area contributed by atoms with Crippen LogP contribution in [0.15, 0.2) is 0 Å². The number of sulfone groups is 1. The molecule has 3 aliphatic carbocycles. The van der Waals surface area contributed by atoms with Gasteiger partial charge in [0, 0.05) is 12.3 Å². The molecule has 0 bridgehead atoms. The Labute approximate surface area is 116 Å². The lowest BCUT2D eigenvalue weighted by molar-refractivity contribution is 0.234. The van der Waals surface area contributed by atoms with Crippen molar-refractivity contribution in [3.8, 4) is 0 Å². The van der Waals surface area contributed by atoms with Crippen molar-refractivity contribution in [2.45, 2.75) is 56.2 Å². The van der Waals surface area contributed by atoms with E-state index in [-0.39, 0.29) is 5.25 Å². The van der Waals surface area contributed by atoms with Crippen molar-refractivity contribution in [2.75, 3.05) is 6.26 Å². The van der Waals surface area contributed by atoms with Crippen LogP contribution in [-0.4, -0.2) is 26.0 Å². The van der Waals surface area contributed by atoms with Crippen molar-refractivity contribution >= 4 is 9.84 Å². The van der Waals surface area contributed by atoms with Gasteiger partial charge in [0.25, 0.3) is 0 Å². The number of hydrogen-bond acceptors (Lipinski definition) is 4. The summed E-state index contributed by atoms with van der Waals surface area (Å²) in [7, 11) is -2.89. The van der Waals surface area contributed by atoms with Crippen LogP contribution in [0.5, 0.6) is 0 Å². The maximum Gasteiger partial charge on any atom is 0.150 e. The van der Waals surface area contributed by atoms with Crippen LogP contribution in [0.25, 0.3) is 0 Å². The Morgan fingerprint density at radius 2 is 1.74 bits per heavy atom. The molecule has 0 heterocycles. The first-order valence-electron chi connectivity index (χ1n) is 7.67. The number of hydrogen-bond donors (Lipinski definition) is 2. The fraction of sp³-hybridized carbons (Fsp3) is 1.00. The molecule has 0 amide bonds. The Balaban J connectivity index is 1.67. The molecular formula is C14H26N2O2S. The summed E-state index contributed by atoms with van der Waals surface area (Å²) in [5.41, 5.74) is 3.04. The Morgan fingerprint density at radius 1 is 1.11 bits per heavy atom. The first kappa shape index (κ1) is 13.8. The second-order valence-corrected chi connectivity index (χ2v) is 9.23. The number of rotatable bonds is 4. The Kier molecular flexibility index (Phi) is 3.65. The predicted octanol–water partition coefficient (Wildman–Crippen LogP) is 1.47. The van der Waals surface area contributed by atoms with Crippen LogP contribution in [0.1, 0.15) is 44.9 Å². The molecule has 3 N–H and O–H groups in total. The summed E-state index contributed by atoms with van der Waals surface area (Å²) in [6.45, 7) is 0. The van der Waals surface area contributed by atoms with Gasteiger partial charge in [0.1, 0.15) is 9.84 Å². The third kappa shape index (κ3) is 2.57. The number of fused-ring (bicyclic) bond motifs is 1. The summed E-state index contributed by atoms with van der Waals surface area (Å²) < 4.78 is 23.5. The molecule has 0 aromatic heterocycles. The van der Waals surface area contributed by atoms with Crippen molar-refractivity contribution in [3.63, 3.8) is 0 Å². The zero-order valence-corrected chi connectivity index (χ0v) is 12.5. The molecule has 3 fully saturated rings. The van der Waals surface area contributed by atoms with Crippen LogP contribution in [0.2, 0.25) is 0 Å². The summed E-state index contributed by atoms with van der Waals surface area (Å²) >= 11 is 0. The fourth-order valence-corrected chi connectivity index (χ4v) is 6.06. The van der Waals surface area contributed by atoms with Crippen molar-refractivity contribution < 1.29 is 8.42 Å². The van der Waals surface area contributed by atoms with Gasteiger partial charge < -0.3 is 0 Å². The zero-order valence-electron chi connectivity index (χ0n) is 11.7. The second-order valence-electron chi connectivity index (χ2n) is 6.91. The van der Waals surface area contributed by atoms with Gasteiger partial charge in [-0.25, -0.2) is 8.42 Å². The molecule has 3 aliphatic rings. The molecule has 4 nitrogen and oxygen atoms in total. The van der Waals surface area contributed by atoms with E-state index in [4.69, 9.17) is 5.84 Å². The fourth-order valence-electron chi connectivity index (χ4n) is 4.87. The van der Waals surface area contributed by atoms with E-state index in [1.807, 2.05) is 0 Å². The molecule has 0 aliphatic heterocycles. The molecule has 3 saturated carbocycles. The van der Waals surface area contributed by atoms with Gasteiger partial charge in [0.2, 0.25) is 0 Å². The van der Waals surface area contributed by atoms with Crippen LogP contribution in [-0.2, 0) is 9.84 Å². The number of hydrazine groups is 1. The highest BCUT2D eigenvalue weighted by Gasteiger charge is 2.57. The van der Waals surface area contributed by atoms with Gasteiger partial charge in [0.05, 0.1) is 5.25 Å². The standard InChI is InChI=1S/C14H26N2O2S/c1-19(17,18)10-5-2-4-9(8-10)14(16-15)13-11-6-3-7-12(11)13/h9-14,16H,2-8,15H2,1H3. The molecule has 3 rings (SSSR count). The van der Waals surface area contributed by atoms with Gasteiger partial charge in [0.15, 0.2) is 0 Å². The molecule has 110 valence electrons. The molecule has 0 aromatic carbocycles. The SMILES string of the molecule is CS(=O)(=O)C1CCCC(C(NN)C2C3CCCC32)C1. The molecule has 5 atom stereocenters. The highest BCUT2D eigenvalue weighted by Crippen LogP contribution is 2.60. The highest BCUT2D eigenvalue weighted by atomic mass is 32.2. The lowest BCUT2D eigenvalue weighted by Crippen LogP contribution is -2.46. The maximum absolute atomic E-state index is 11.8. The van der Waals surface area contributed by atoms with Crippen molar-refractivity contribution in [3.05, 3.63) is 0 Å². The summed E-state index contributed by atoms with van der Waals surface area (Å²) in [5, 5.41) is -0.138. The zero-order chi connectivity index (χ0) is 13.6. The molecule has 19 heavy (non-hydrogen) atoms. The van der Waals surface area contributed by atoms with Crippen molar-refractivity contribution in [2.24, 2.45) is 29.5 Å². The number of nitrogens with one attached hydrogen (secondary N) is 1. The van der Waals surface area contributed by atoms with Crippen LogP contribution in [0.4, 0.5) is 0 Å². The van der Waals surface area contributed by atoms with Crippen molar-refractivity contribution in [1.82, 2.24) is 5.43 Å². The molecule has 0 aromatic rings. The average Bonchev–Trinajstić information content (AvgIpc) is 2.84. The van der Waals surface area contributed by atoms with E-state index in [0.29, 0.717) is 12.0 Å². The van der Waals surface area contributed by atoms with Gasteiger partial charge in [-0.3, -0.25) is 11.3 Å². The van der Waals surface area contributed by atoms with Crippen LogP contribution >= 0.6 is 0 Å². The molecule has 0 saturated heterocycles. The monoisotopic (exact) mass is 286 g/mol. The molecular weight excluding hydrogens is 260 g/mol. The lowest BCUT2D eigenvalue weighted by atomic mass is 9.80. The molecule has 0 radical (unpaired) electrons. The second kappa shape index (κ2) is 5.01. The van der Waals surface area contributed by atoms with E-state index in [1.165, 1.54) is 25.5 Å². The van der Waals surface area contributed by atoms with Gasteiger partial charge in [-0.1, -0.05) is 12.8 Å². The van der Waals surface area contributed by atoms with E-state index in [1.54, 1.807) is 0 Å². The quantitative estimate of drug-likeness (QED) is 0.606.